The van der Waals surface area contributed by atoms with Gasteiger partial charge in [0.15, 0.2) is 0 Å². The summed E-state index contributed by atoms with van der Waals surface area (Å²) in [5.74, 6) is -1.15. The van der Waals surface area contributed by atoms with Gasteiger partial charge in [0.2, 0.25) is 10.0 Å². The lowest BCUT2D eigenvalue weighted by atomic mass is 10.1. The summed E-state index contributed by atoms with van der Waals surface area (Å²) in [5.41, 5.74) is 1.01. The van der Waals surface area contributed by atoms with Gasteiger partial charge >= 0.3 is 5.97 Å². The van der Waals surface area contributed by atoms with Crippen molar-refractivity contribution in [2.45, 2.75) is 31.7 Å². The molecule has 1 unspecified atom stereocenters. The molecule has 0 fully saturated rings. The first-order valence-electron chi connectivity index (χ1n) is 6.05. The van der Waals surface area contributed by atoms with Gasteiger partial charge in [0.25, 0.3) is 0 Å². The van der Waals surface area contributed by atoms with Crippen LogP contribution in [0.2, 0.25) is 0 Å². The number of aromatic carboxylic acids is 1. The van der Waals surface area contributed by atoms with E-state index in [1.165, 1.54) is 13.2 Å². The largest absolute Gasteiger partial charge is 0.478 e. The molecule has 1 aromatic rings. The van der Waals surface area contributed by atoms with Crippen LogP contribution in [-0.4, -0.2) is 39.3 Å². The Morgan fingerprint density at radius 3 is 2.45 bits per heavy atom. The average Bonchev–Trinajstić information content (AvgIpc) is 2.27. The van der Waals surface area contributed by atoms with E-state index in [1.807, 2.05) is 0 Å². The van der Waals surface area contributed by atoms with E-state index >= 15 is 0 Å². The second-order valence-electron chi connectivity index (χ2n) is 4.72. The summed E-state index contributed by atoms with van der Waals surface area (Å²) in [6.07, 6.45) is 0. The number of hydrogen-bond acceptors (Lipinski definition) is 4. The quantitative estimate of drug-likeness (QED) is 0.826. The van der Waals surface area contributed by atoms with Crippen molar-refractivity contribution in [1.82, 2.24) is 4.72 Å². The third kappa shape index (κ3) is 3.78. The summed E-state index contributed by atoms with van der Waals surface area (Å²) in [7, 11) is -2.30. The van der Waals surface area contributed by atoms with Crippen LogP contribution in [0.25, 0.3) is 0 Å². The van der Waals surface area contributed by atoms with Gasteiger partial charge in [0, 0.05) is 13.2 Å². The summed E-state index contributed by atoms with van der Waals surface area (Å²) in [6.45, 7) is 5.17. The molecule has 0 heterocycles. The Morgan fingerprint density at radius 1 is 1.35 bits per heavy atom. The van der Waals surface area contributed by atoms with Crippen LogP contribution in [-0.2, 0) is 14.8 Å². The van der Waals surface area contributed by atoms with Gasteiger partial charge in [-0.05, 0) is 38.0 Å². The van der Waals surface area contributed by atoms with E-state index in [-0.39, 0.29) is 17.1 Å². The highest BCUT2D eigenvalue weighted by molar-refractivity contribution is 7.89. The Hall–Kier alpha value is -1.44. The standard InChI is InChI=1S/C13H19NO5S/c1-8-5-9(2)12(6-11(8)13(15)16)20(17,18)14-10(3)7-19-4/h5-6,10,14H,7H2,1-4H3,(H,15,16). The minimum absolute atomic E-state index is 0.0182. The highest BCUT2D eigenvalue weighted by Gasteiger charge is 2.22. The Morgan fingerprint density at radius 2 is 1.95 bits per heavy atom. The Labute approximate surface area is 118 Å². The highest BCUT2D eigenvalue weighted by Crippen LogP contribution is 2.21. The molecule has 0 radical (unpaired) electrons. The van der Waals surface area contributed by atoms with Gasteiger partial charge in [-0.15, -0.1) is 0 Å². The monoisotopic (exact) mass is 301 g/mol. The predicted molar refractivity (Wildman–Crippen MR) is 74.5 cm³/mol. The number of carboxylic acid groups (broad SMARTS) is 1. The van der Waals surface area contributed by atoms with Crippen molar-refractivity contribution in [3.05, 3.63) is 28.8 Å². The lowest BCUT2D eigenvalue weighted by Gasteiger charge is -2.15. The molecule has 1 rings (SSSR count). The molecule has 20 heavy (non-hydrogen) atoms. The number of rotatable bonds is 6. The molecule has 2 N–H and O–H groups in total. The first kappa shape index (κ1) is 16.6. The van der Waals surface area contributed by atoms with Crippen LogP contribution in [0.3, 0.4) is 0 Å². The number of ether oxygens (including phenoxy) is 1. The molecule has 6 nitrogen and oxygen atoms in total. The topological polar surface area (TPSA) is 92.7 Å². The van der Waals surface area contributed by atoms with Gasteiger partial charge in [-0.25, -0.2) is 17.9 Å². The van der Waals surface area contributed by atoms with E-state index in [4.69, 9.17) is 9.84 Å². The molecular weight excluding hydrogens is 282 g/mol. The van der Waals surface area contributed by atoms with Crippen molar-refractivity contribution < 1.29 is 23.1 Å². The van der Waals surface area contributed by atoms with Gasteiger partial charge in [-0.3, -0.25) is 0 Å². The SMILES string of the molecule is COCC(C)NS(=O)(=O)c1cc(C(=O)O)c(C)cc1C. The van der Waals surface area contributed by atoms with Gasteiger partial charge in [-0.2, -0.15) is 0 Å². The zero-order chi connectivity index (χ0) is 15.5. The summed E-state index contributed by atoms with van der Waals surface area (Å²) in [5, 5.41) is 9.08. The van der Waals surface area contributed by atoms with Crippen molar-refractivity contribution >= 4 is 16.0 Å². The summed E-state index contributed by atoms with van der Waals surface area (Å²) in [4.78, 5) is 11.1. The molecule has 112 valence electrons. The van der Waals surface area contributed by atoms with E-state index in [0.717, 1.165) is 0 Å². The summed E-state index contributed by atoms with van der Waals surface area (Å²) < 4.78 is 31.9. The minimum Gasteiger partial charge on any atom is -0.478 e. The van der Waals surface area contributed by atoms with Crippen molar-refractivity contribution in [3.8, 4) is 0 Å². The molecule has 0 saturated heterocycles. The molecule has 0 bridgehead atoms. The van der Waals surface area contributed by atoms with E-state index in [0.29, 0.717) is 11.1 Å². The van der Waals surface area contributed by atoms with Crippen LogP contribution in [0.5, 0.6) is 0 Å². The number of sulfonamides is 1. The van der Waals surface area contributed by atoms with Crippen molar-refractivity contribution in [1.29, 1.82) is 0 Å². The number of hydrogen-bond donors (Lipinski definition) is 2. The van der Waals surface area contributed by atoms with Crippen LogP contribution in [0.4, 0.5) is 0 Å². The molecule has 0 aromatic heterocycles. The summed E-state index contributed by atoms with van der Waals surface area (Å²) in [6, 6.07) is 2.34. The number of carbonyl (C=O) groups is 1. The van der Waals surface area contributed by atoms with Crippen LogP contribution in [0.1, 0.15) is 28.4 Å². The molecule has 0 aliphatic heterocycles. The zero-order valence-corrected chi connectivity index (χ0v) is 12.7. The molecule has 0 amide bonds. The van der Waals surface area contributed by atoms with Crippen LogP contribution < -0.4 is 4.72 Å². The molecule has 7 heteroatoms. The lowest BCUT2D eigenvalue weighted by molar-refractivity contribution is 0.0696. The highest BCUT2D eigenvalue weighted by atomic mass is 32.2. The fourth-order valence-electron chi connectivity index (χ4n) is 1.96. The second-order valence-corrected chi connectivity index (χ2v) is 6.40. The maximum Gasteiger partial charge on any atom is 0.335 e. The maximum atomic E-state index is 12.3. The number of benzene rings is 1. The number of nitrogens with one attached hydrogen (secondary N) is 1. The average molecular weight is 301 g/mol. The van der Waals surface area contributed by atoms with E-state index in [1.54, 1.807) is 26.8 Å². The van der Waals surface area contributed by atoms with Gasteiger partial charge in [0.05, 0.1) is 17.1 Å². The molecule has 1 atom stereocenters. The molecule has 0 spiro atoms. The van der Waals surface area contributed by atoms with Gasteiger partial charge < -0.3 is 9.84 Å². The number of methoxy groups -OCH3 is 1. The molecule has 0 aliphatic carbocycles. The fourth-order valence-corrected chi connectivity index (χ4v) is 3.45. The Balaban J connectivity index is 3.24. The first-order valence-corrected chi connectivity index (χ1v) is 7.53. The van der Waals surface area contributed by atoms with Crippen molar-refractivity contribution in [2.75, 3.05) is 13.7 Å². The third-order valence-electron chi connectivity index (χ3n) is 2.81. The number of carboxylic acids is 1. The van der Waals surface area contributed by atoms with E-state index in [9.17, 15) is 13.2 Å². The maximum absolute atomic E-state index is 12.3. The Kier molecular flexibility index (Phi) is 5.27. The minimum atomic E-state index is -3.78. The van der Waals surface area contributed by atoms with Gasteiger partial charge in [-0.1, -0.05) is 6.07 Å². The van der Waals surface area contributed by atoms with Crippen LogP contribution in [0.15, 0.2) is 17.0 Å². The summed E-state index contributed by atoms with van der Waals surface area (Å²) >= 11 is 0. The van der Waals surface area contributed by atoms with E-state index < -0.39 is 22.0 Å². The fraction of sp³-hybridized carbons (Fsp3) is 0.462. The third-order valence-corrected chi connectivity index (χ3v) is 4.55. The second kappa shape index (κ2) is 6.34. The predicted octanol–water partition coefficient (Wildman–Crippen LogP) is 1.31. The normalized spacial score (nSPS) is 13.2. The molecule has 1 aromatic carbocycles. The van der Waals surface area contributed by atoms with Gasteiger partial charge in [0.1, 0.15) is 0 Å². The van der Waals surface area contributed by atoms with Crippen LogP contribution >= 0.6 is 0 Å². The smallest absolute Gasteiger partial charge is 0.335 e. The lowest BCUT2D eigenvalue weighted by Crippen LogP contribution is -2.36. The van der Waals surface area contributed by atoms with Crippen molar-refractivity contribution in [2.24, 2.45) is 0 Å². The first-order chi connectivity index (χ1) is 9.19. The molecule has 0 aliphatic rings. The van der Waals surface area contributed by atoms with E-state index in [2.05, 4.69) is 4.72 Å². The zero-order valence-electron chi connectivity index (χ0n) is 11.9. The number of aryl methyl sites for hydroxylation is 2. The molecular formula is C13H19NO5S. The molecule has 0 saturated carbocycles. The van der Waals surface area contributed by atoms with Crippen molar-refractivity contribution in [3.63, 3.8) is 0 Å². The Bertz CT molecular complexity index is 609. The van der Waals surface area contributed by atoms with Crippen LogP contribution in [0, 0.1) is 13.8 Å².